The molecule has 0 atom stereocenters. The van der Waals surface area contributed by atoms with Gasteiger partial charge in [-0.15, -0.1) is 0 Å². The van der Waals surface area contributed by atoms with E-state index in [1.54, 1.807) is 6.20 Å². The lowest BCUT2D eigenvalue weighted by atomic mass is 10.2. The fraction of sp³-hybridized carbons (Fsp3) is 0.308. The molecule has 0 saturated heterocycles. The number of aromatic nitrogens is 2. The van der Waals surface area contributed by atoms with E-state index in [9.17, 15) is 8.42 Å². The second-order valence-corrected chi connectivity index (χ2v) is 7.94. The molecule has 1 heterocycles. The zero-order chi connectivity index (χ0) is 13.9. The largest absolute Gasteiger partial charge is 0.331 e. The van der Waals surface area contributed by atoms with Crippen LogP contribution in [0, 0.1) is 3.57 Å². The minimum absolute atomic E-state index is 0.206. The highest BCUT2D eigenvalue weighted by Crippen LogP contribution is 2.19. The number of nitrogens with zero attached hydrogens (tertiary/aromatic N) is 2. The van der Waals surface area contributed by atoms with Crippen molar-refractivity contribution in [2.24, 2.45) is 0 Å². The summed E-state index contributed by atoms with van der Waals surface area (Å²) in [5.41, 5.74) is 1.05. The molecule has 0 aliphatic heterocycles. The van der Waals surface area contributed by atoms with Gasteiger partial charge in [-0.3, -0.25) is 0 Å². The van der Waals surface area contributed by atoms with Crippen molar-refractivity contribution in [3.05, 3.63) is 40.2 Å². The van der Waals surface area contributed by atoms with Crippen molar-refractivity contribution in [1.82, 2.24) is 9.55 Å². The minimum atomic E-state index is -2.90. The maximum atomic E-state index is 11.1. The van der Waals surface area contributed by atoms with Crippen molar-refractivity contribution < 1.29 is 8.42 Å². The second-order valence-electron chi connectivity index (χ2n) is 4.43. The van der Waals surface area contributed by atoms with E-state index in [-0.39, 0.29) is 5.75 Å². The molecule has 0 bridgehead atoms. The zero-order valence-electron chi connectivity index (χ0n) is 10.6. The molecule has 19 heavy (non-hydrogen) atoms. The van der Waals surface area contributed by atoms with Gasteiger partial charge in [0.2, 0.25) is 0 Å². The lowest BCUT2D eigenvalue weighted by molar-refractivity contribution is 0.592. The van der Waals surface area contributed by atoms with Crippen LogP contribution in [0.2, 0.25) is 0 Å². The molecular weight excluding hydrogens is 375 g/mol. The van der Waals surface area contributed by atoms with Crippen molar-refractivity contribution in [3.8, 4) is 11.4 Å². The Balaban J connectivity index is 2.12. The monoisotopic (exact) mass is 390 g/mol. The van der Waals surface area contributed by atoms with Crippen LogP contribution in [0.15, 0.2) is 36.7 Å². The summed E-state index contributed by atoms with van der Waals surface area (Å²) < 4.78 is 25.4. The Morgan fingerprint density at radius 2 is 1.95 bits per heavy atom. The van der Waals surface area contributed by atoms with Crippen LogP contribution in [0.3, 0.4) is 0 Å². The van der Waals surface area contributed by atoms with Crippen molar-refractivity contribution in [2.75, 3.05) is 12.0 Å². The van der Waals surface area contributed by atoms with Crippen LogP contribution in [-0.2, 0) is 16.4 Å². The first-order chi connectivity index (χ1) is 8.96. The van der Waals surface area contributed by atoms with Crippen molar-refractivity contribution >= 4 is 32.4 Å². The van der Waals surface area contributed by atoms with Crippen molar-refractivity contribution in [2.45, 2.75) is 13.0 Å². The molecule has 1 aromatic carbocycles. The summed E-state index contributed by atoms with van der Waals surface area (Å²) in [5.74, 6) is 1.09. The maximum Gasteiger partial charge on any atom is 0.147 e. The number of hydrogen-bond acceptors (Lipinski definition) is 3. The Bertz CT molecular complexity index is 648. The minimum Gasteiger partial charge on any atom is -0.331 e. The molecule has 0 amide bonds. The third-order valence-corrected chi connectivity index (χ3v) is 4.48. The highest BCUT2D eigenvalue weighted by Gasteiger charge is 2.07. The average molecular weight is 390 g/mol. The third-order valence-electron chi connectivity index (χ3n) is 2.73. The van der Waals surface area contributed by atoms with Gasteiger partial charge in [0.15, 0.2) is 0 Å². The van der Waals surface area contributed by atoms with Crippen LogP contribution in [0.1, 0.15) is 6.42 Å². The fourth-order valence-electron chi connectivity index (χ4n) is 1.85. The second kappa shape index (κ2) is 6.04. The summed E-state index contributed by atoms with van der Waals surface area (Å²) in [5, 5.41) is 0. The van der Waals surface area contributed by atoms with E-state index < -0.39 is 9.84 Å². The Kier molecular flexibility index (Phi) is 4.62. The predicted molar refractivity (Wildman–Crippen MR) is 84.7 cm³/mol. The molecule has 1 aromatic heterocycles. The summed E-state index contributed by atoms with van der Waals surface area (Å²) in [6.07, 6.45) is 5.50. The Hall–Kier alpha value is -0.890. The highest BCUT2D eigenvalue weighted by molar-refractivity contribution is 14.1. The first-order valence-corrected chi connectivity index (χ1v) is 9.04. The van der Waals surface area contributed by atoms with Crippen LogP contribution in [0.5, 0.6) is 0 Å². The smallest absolute Gasteiger partial charge is 0.147 e. The third kappa shape index (κ3) is 4.31. The number of imidazole rings is 1. The molecule has 0 N–H and O–H groups in total. The number of halogens is 1. The summed E-state index contributed by atoms with van der Waals surface area (Å²) in [4.78, 5) is 4.34. The van der Waals surface area contributed by atoms with Gasteiger partial charge in [0.05, 0.1) is 5.75 Å². The molecule has 0 aliphatic carbocycles. The first kappa shape index (κ1) is 14.5. The molecule has 0 saturated carbocycles. The average Bonchev–Trinajstić information content (AvgIpc) is 2.77. The van der Waals surface area contributed by atoms with Gasteiger partial charge in [-0.1, -0.05) is 12.1 Å². The molecule has 0 radical (unpaired) electrons. The molecular formula is C13H15IN2O2S. The molecule has 0 fully saturated rings. The molecule has 2 aromatic rings. The quantitative estimate of drug-likeness (QED) is 0.738. The standard InChI is InChI=1S/C13H15IN2O2S/c1-19(17,18)10-2-8-16-9-7-15-13(16)11-3-5-12(14)6-4-11/h3-7,9H,2,8,10H2,1H3. The molecule has 4 nitrogen and oxygen atoms in total. The highest BCUT2D eigenvalue weighted by atomic mass is 127. The van der Waals surface area contributed by atoms with Gasteiger partial charge in [-0.25, -0.2) is 13.4 Å². The Morgan fingerprint density at radius 3 is 2.58 bits per heavy atom. The van der Waals surface area contributed by atoms with E-state index >= 15 is 0 Å². The van der Waals surface area contributed by atoms with Crippen molar-refractivity contribution in [3.63, 3.8) is 0 Å². The summed E-state index contributed by atoms with van der Waals surface area (Å²) >= 11 is 2.26. The molecule has 6 heteroatoms. The summed E-state index contributed by atoms with van der Waals surface area (Å²) in [7, 11) is -2.90. The normalized spacial score (nSPS) is 11.7. The number of hydrogen-bond donors (Lipinski definition) is 0. The van der Waals surface area contributed by atoms with Crippen LogP contribution in [0.25, 0.3) is 11.4 Å². The van der Waals surface area contributed by atoms with Gasteiger partial charge in [0.1, 0.15) is 15.7 Å². The zero-order valence-corrected chi connectivity index (χ0v) is 13.6. The van der Waals surface area contributed by atoms with E-state index in [2.05, 4.69) is 27.6 Å². The molecule has 0 spiro atoms. The lowest BCUT2D eigenvalue weighted by Crippen LogP contribution is -2.07. The van der Waals surface area contributed by atoms with Gasteiger partial charge in [0, 0.05) is 34.3 Å². The number of benzene rings is 1. The molecule has 0 aliphatic rings. The Labute approximate surface area is 126 Å². The van der Waals surface area contributed by atoms with E-state index in [1.807, 2.05) is 35.0 Å². The van der Waals surface area contributed by atoms with E-state index in [4.69, 9.17) is 0 Å². The fourth-order valence-corrected chi connectivity index (χ4v) is 2.86. The summed E-state index contributed by atoms with van der Waals surface area (Å²) in [6, 6.07) is 8.12. The van der Waals surface area contributed by atoms with Crippen LogP contribution < -0.4 is 0 Å². The van der Waals surface area contributed by atoms with Gasteiger partial charge >= 0.3 is 0 Å². The molecule has 0 unspecified atom stereocenters. The number of sulfone groups is 1. The molecule has 2 rings (SSSR count). The SMILES string of the molecule is CS(=O)(=O)CCCn1ccnc1-c1ccc(I)cc1. The van der Waals surface area contributed by atoms with Gasteiger partial charge < -0.3 is 4.57 Å². The van der Waals surface area contributed by atoms with E-state index in [0.717, 1.165) is 11.4 Å². The summed E-state index contributed by atoms with van der Waals surface area (Å²) in [6.45, 7) is 0.661. The topological polar surface area (TPSA) is 52.0 Å². The molecule has 102 valence electrons. The van der Waals surface area contributed by atoms with Crippen LogP contribution in [-0.4, -0.2) is 30.0 Å². The van der Waals surface area contributed by atoms with Gasteiger partial charge in [0.25, 0.3) is 0 Å². The number of aryl methyl sites for hydroxylation is 1. The van der Waals surface area contributed by atoms with Gasteiger partial charge in [-0.05, 0) is 41.1 Å². The maximum absolute atomic E-state index is 11.1. The van der Waals surface area contributed by atoms with E-state index in [0.29, 0.717) is 13.0 Å². The van der Waals surface area contributed by atoms with Crippen molar-refractivity contribution in [1.29, 1.82) is 0 Å². The lowest BCUT2D eigenvalue weighted by Gasteiger charge is -2.07. The van der Waals surface area contributed by atoms with Gasteiger partial charge in [-0.2, -0.15) is 0 Å². The van der Waals surface area contributed by atoms with E-state index in [1.165, 1.54) is 9.83 Å². The van der Waals surface area contributed by atoms with Crippen LogP contribution >= 0.6 is 22.6 Å². The first-order valence-electron chi connectivity index (χ1n) is 5.90. The predicted octanol–water partition coefficient (Wildman–Crippen LogP) is 2.59. The Morgan fingerprint density at radius 1 is 1.26 bits per heavy atom. The number of rotatable bonds is 5. The van der Waals surface area contributed by atoms with Crippen LogP contribution in [0.4, 0.5) is 0 Å².